The molecule has 0 spiro atoms. The van der Waals surface area contributed by atoms with Crippen molar-refractivity contribution in [2.45, 2.75) is 18.0 Å². The zero-order chi connectivity index (χ0) is 14.9. The maximum Gasteiger partial charge on any atom is 0.340 e. The third kappa shape index (κ3) is 2.53. The van der Waals surface area contributed by atoms with Gasteiger partial charge < -0.3 is 9.67 Å². The van der Waals surface area contributed by atoms with Crippen LogP contribution < -0.4 is 4.72 Å². The molecule has 0 fully saturated rings. The lowest BCUT2D eigenvalue weighted by molar-refractivity contribution is 0.0692. The van der Waals surface area contributed by atoms with Crippen molar-refractivity contribution >= 4 is 16.0 Å². The van der Waals surface area contributed by atoms with E-state index in [1.165, 1.54) is 6.33 Å². The molecule has 0 aliphatic carbocycles. The minimum absolute atomic E-state index is 0.393. The first-order chi connectivity index (χ1) is 9.33. The van der Waals surface area contributed by atoms with E-state index < -0.39 is 32.6 Å². The van der Waals surface area contributed by atoms with Gasteiger partial charge in [0.1, 0.15) is 17.7 Å². The van der Waals surface area contributed by atoms with Crippen molar-refractivity contribution in [1.82, 2.24) is 29.7 Å². The predicted octanol–water partition coefficient (Wildman–Crippen LogP) is -0.724. The maximum atomic E-state index is 12.1. The third-order valence-corrected chi connectivity index (χ3v) is 4.08. The number of H-pyrrole nitrogens is 1. The largest absolute Gasteiger partial charge is 0.478 e. The van der Waals surface area contributed by atoms with Crippen LogP contribution in [0.4, 0.5) is 0 Å². The number of carbonyl (C=O) groups is 1. The van der Waals surface area contributed by atoms with Gasteiger partial charge in [-0.15, -0.1) is 10.2 Å². The van der Waals surface area contributed by atoms with Crippen LogP contribution in [0.3, 0.4) is 0 Å². The molecule has 0 aliphatic rings. The standard InChI is InChI=1S/C9H12N6O4S/c1-5(7-12-11-4-15(7)2)14-20(18,19)8-6(9(16)17)3-10-13-8/h3-5,14H,1-2H3,(H,10,13)(H,16,17). The molecular formula is C9H12N6O4S. The summed E-state index contributed by atoms with van der Waals surface area (Å²) in [5.41, 5.74) is -0.428. The van der Waals surface area contributed by atoms with Crippen molar-refractivity contribution in [2.24, 2.45) is 7.05 Å². The van der Waals surface area contributed by atoms with Crippen LogP contribution in [-0.4, -0.2) is 44.5 Å². The lowest BCUT2D eigenvalue weighted by atomic mass is 10.3. The number of aryl methyl sites for hydroxylation is 1. The van der Waals surface area contributed by atoms with E-state index in [0.717, 1.165) is 6.20 Å². The molecule has 0 saturated carbocycles. The van der Waals surface area contributed by atoms with Crippen LogP contribution in [0.2, 0.25) is 0 Å². The summed E-state index contributed by atoms with van der Waals surface area (Å²) in [5.74, 6) is -0.990. The highest BCUT2D eigenvalue weighted by molar-refractivity contribution is 7.89. The highest BCUT2D eigenvalue weighted by atomic mass is 32.2. The number of aromatic carboxylic acids is 1. The van der Waals surface area contributed by atoms with Crippen LogP contribution >= 0.6 is 0 Å². The normalized spacial score (nSPS) is 13.3. The van der Waals surface area contributed by atoms with E-state index in [-0.39, 0.29) is 0 Å². The Morgan fingerprint density at radius 3 is 2.80 bits per heavy atom. The number of hydrogen-bond acceptors (Lipinski definition) is 6. The lowest BCUT2D eigenvalue weighted by Crippen LogP contribution is -2.30. The molecule has 1 unspecified atom stereocenters. The highest BCUT2D eigenvalue weighted by Crippen LogP contribution is 2.16. The molecule has 2 aromatic heterocycles. The van der Waals surface area contributed by atoms with Crippen LogP contribution in [-0.2, 0) is 17.1 Å². The topological polar surface area (TPSA) is 143 Å². The van der Waals surface area contributed by atoms with Crippen molar-refractivity contribution in [3.63, 3.8) is 0 Å². The first-order valence-corrected chi connectivity index (χ1v) is 6.94. The minimum Gasteiger partial charge on any atom is -0.478 e. The quantitative estimate of drug-likeness (QED) is 0.660. The SMILES string of the molecule is CC(NS(=O)(=O)c1[nH]ncc1C(=O)O)c1nncn1C. The second-order valence-corrected chi connectivity index (χ2v) is 5.71. The van der Waals surface area contributed by atoms with E-state index in [2.05, 4.69) is 25.1 Å². The second-order valence-electron chi connectivity index (χ2n) is 4.06. The summed E-state index contributed by atoms with van der Waals surface area (Å²) < 4.78 is 28.1. The summed E-state index contributed by atoms with van der Waals surface area (Å²) in [4.78, 5) is 10.9. The highest BCUT2D eigenvalue weighted by Gasteiger charge is 2.27. The summed E-state index contributed by atoms with van der Waals surface area (Å²) in [5, 5.41) is 21.4. The molecule has 1 atom stereocenters. The van der Waals surface area contributed by atoms with E-state index >= 15 is 0 Å². The molecule has 0 aliphatic heterocycles. The fourth-order valence-corrected chi connectivity index (χ4v) is 2.95. The molecule has 0 amide bonds. The van der Waals surface area contributed by atoms with Gasteiger partial charge >= 0.3 is 5.97 Å². The van der Waals surface area contributed by atoms with Crippen LogP contribution in [0.25, 0.3) is 0 Å². The molecular weight excluding hydrogens is 288 g/mol. The van der Waals surface area contributed by atoms with Gasteiger partial charge in [0.15, 0.2) is 5.03 Å². The van der Waals surface area contributed by atoms with Gasteiger partial charge in [-0.25, -0.2) is 13.2 Å². The number of aromatic nitrogens is 5. The van der Waals surface area contributed by atoms with E-state index in [1.54, 1.807) is 18.5 Å². The maximum absolute atomic E-state index is 12.1. The molecule has 2 aromatic rings. The Balaban J connectivity index is 2.30. The Bertz CT molecular complexity index is 733. The smallest absolute Gasteiger partial charge is 0.340 e. The average molecular weight is 300 g/mol. The number of rotatable bonds is 5. The van der Waals surface area contributed by atoms with Gasteiger partial charge in [0.2, 0.25) is 0 Å². The predicted molar refractivity (Wildman–Crippen MR) is 65.3 cm³/mol. The lowest BCUT2D eigenvalue weighted by Gasteiger charge is -2.12. The monoisotopic (exact) mass is 300 g/mol. The Morgan fingerprint density at radius 1 is 1.55 bits per heavy atom. The minimum atomic E-state index is -4.06. The fraction of sp³-hybridized carbons (Fsp3) is 0.333. The van der Waals surface area contributed by atoms with Gasteiger partial charge in [-0.2, -0.15) is 9.82 Å². The van der Waals surface area contributed by atoms with E-state index in [4.69, 9.17) is 5.11 Å². The van der Waals surface area contributed by atoms with E-state index in [0.29, 0.717) is 5.82 Å². The summed E-state index contributed by atoms with van der Waals surface area (Å²) in [6.07, 6.45) is 2.36. The van der Waals surface area contributed by atoms with Crippen LogP contribution in [0, 0.1) is 0 Å². The first-order valence-electron chi connectivity index (χ1n) is 5.46. The molecule has 10 nitrogen and oxygen atoms in total. The number of carboxylic acid groups (broad SMARTS) is 1. The number of aromatic amines is 1. The molecule has 11 heteroatoms. The van der Waals surface area contributed by atoms with E-state index in [9.17, 15) is 13.2 Å². The van der Waals surface area contributed by atoms with Crippen molar-refractivity contribution in [3.05, 3.63) is 23.9 Å². The number of nitrogens with zero attached hydrogens (tertiary/aromatic N) is 4. The number of carboxylic acids is 1. The van der Waals surface area contributed by atoms with Crippen LogP contribution in [0.15, 0.2) is 17.6 Å². The van der Waals surface area contributed by atoms with Gasteiger partial charge in [-0.3, -0.25) is 5.10 Å². The molecule has 2 rings (SSSR count). The zero-order valence-electron chi connectivity index (χ0n) is 10.6. The van der Waals surface area contributed by atoms with Gasteiger partial charge in [0, 0.05) is 7.05 Å². The van der Waals surface area contributed by atoms with Gasteiger partial charge in [0.05, 0.1) is 12.2 Å². The molecule has 0 bridgehead atoms. The van der Waals surface area contributed by atoms with Crippen LogP contribution in [0.1, 0.15) is 29.1 Å². The molecule has 0 aromatic carbocycles. The Kier molecular flexibility index (Phi) is 3.55. The van der Waals surface area contributed by atoms with Gasteiger partial charge in [-0.1, -0.05) is 0 Å². The first kappa shape index (κ1) is 14.1. The second kappa shape index (κ2) is 5.02. The van der Waals surface area contributed by atoms with Crippen molar-refractivity contribution in [1.29, 1.82) is 0 Å². The number of nitrogens with one attached hydrogen (secondary N) is 2. The van der Waals surface area contributed by atoms with Gasteiger partial charge in [-0.05, 0) is 6.92 Å². The summed E-state index contributed by atoms with van der Waals surface area (Å²) >= 11 is 0. The zero-order valence-corrected chi connectivity index (χ0v) is 11.4. The molecule has 2 heterocycles. The summed E-state index contributed by atoms with van der Waals surface area (Å²) in [7, 11) is -2.40. The average Bonchev–Trinajstić information content (AvgIpc) is 2.95. The molecule has 0 radical (unpaired) electrons. The van der Waals surface area contributed by atoms with Crippen molar-refractivity contribution < 1.29 is 18.3 Å². The Morgan fingerprint density at radius 2 is 2.25 bits per heavy atom. The Labute approximate surface area is 113 Å². The van der Waals surface area contributed by atoms with E-state index in [1.807, 2.05) is 0 Å². The summed E-state index contributed by atoms with van der Waals surface area (Å²) in [6.45, 7) is 1.57. The summed E-state index contributed by atoms with van der Waals surface area (Å²) in [6, 6.07) is -0.683. The van der Waals surface area contributed by atoms with Gasteiger partial charge in [0.25, 0.3) is 10.0 Å². The number of hydrogen-bond donors (Lipinski definition) is 3. The molecule has 0 saturated heterocycles. The van der Waals surface area contributed by atoms with Crippen molar-refractivity contribution in [2.75, 3.05) is 0 Å². The van der Waals surface area contributed by atoms with Crippen molar-refractivity contribution in [3.8, 4) is 0 Å². The molecule has 108 valence electrons. The fourth-order valence-electron chi connectivity index (χ4n) is 1.66. The van der Waals surface area contributed by atoms with Crippen LogP contribution in [0.5, 0.6) is 0 Å². The Hall–Kier alpha value is -2.27. The number of sulfonamides is 1. The molecule has 3 N–H and O–H groups in total. The molecule has 20 heavy (non-hydrogen) atoms. The third-order valence-electron chi connectivity index (χ3n) is 2.57.